The number of hydrogen-bond acceptors (Lipinski definition) is 0. The van der Waals surface area contributed by atoms with Crippen molar-refractivity contribution in [3.63, 3.8) is 0 Å². The molecule has 0 spiro atoms. The Labute approximate surface area is 155 Å². The van der Waals surface area contributed by atoms with Gasteiger partial charge in [0.15, 0.2) is 0 Å². The maximum absolute atomic E-state index is 6.43. The number of aryl methyl sites for hydroxylation is 2. The monoisotopic (exact) mass is 358 g/mol. The zero-order chi connectivity index (χ0) is 17.6. The van der Waals surface area contributed by atoms with Gasteiger partial charge in [-0.25, -0.2) is 0 Å². The Morgan fingerprint density at radius 1 is 1.17 bits per heavy atom. The molecule has 3 rings (SSSR count). The average molecular weight is 359 g/mol. The normalized spacial score (nSPS) is 22.5. The molecule has 2 aromatic carbocycles. The highest BCUT2D eigenvalue weighted by Gasteiger charge is 2.53. The highest BCUT2D eigenvalue weighted by atomic mass is 35.5. The fraction of sp³-hybridized carbons (Fsp3) is 0.364. The second-order valence-electron chi connectivity index (χ2n) is 7.39. The molecule has 2 heteroatoms. The van der Waals surface area contributed by atoms with E-state index in [1.165, 1.54) is 28.7 Å². The minimum absolute atomic E-state index is 0.154. The van der Waals surface area contributed by atoms with Crippen LogP contribution in [0.15, 0.2) is 42.5 Å². The van der Waals surface area contributed by atoms with Crippen molar-refractivity contribution in [1.29, 1.82) is 0 Å². The van der Waals surface area contributed by atoms with Crippen molar-refractivity contribution in [2.45, 2.75) is 46.0 Å². The largest absolute Gasteiger partial charge is 0.0992 e. The lowest BCUT2D eigenvalue weighted by atomic mass is 9.83. The van der Waals surface area contributed by atoms with Gasteiger partial charge in [-0.15, -0.1) is 0 Å². The average Bonchev–Trinajstić information content (AvgIpc) is 3.17. The zero-order valence-corrected chi connectivity index (χ0v) is 16.4. The van der Waals surface area contributed by atoms with E-state index >= 15 is 0 Å². The summed E-state index contributed by atoms with van der Waals surface area (Å²) < 4.78 is 0. The number of halogens is 2. The molecule has 1 fully saturated rings. The Morgan fingerprint density at radius 3 is 2.25 bits per heavy atom. The van der Waals surface area contributed by atoms with E-state index in [0.717, 1.165) is 27.6 Å². The van der Waals surface area contributed by atoms with Gasteiger partial charge in [0.2, 0.25) is 0 Å². The SMILES string of the molecule is C=C(C)C1(c2cc(Cc3c(Cl)cc(C)cc3Cl)ccc2C)CC1C. The lowest BCUT2D eigenvalue weighted by molar-refractivity contribution is 0.727. The molecule has 2 aromatic rings. The van der Waals surface area contributed by atoms with Crippen LogP contribution in [0.4, 0.5) is 0 Å². The summed E-state index contributed by atoms with van der Waals surface area (Å²) >= 11 is 12.9. The Balaban J connectivity index is 2.00. The van der Waals surface area contributed by atoms with Crippen molar-refractivity contribution >= 4 is 23.2 Å². The molecule has 0 aliphatic heterocycles. The van der Waals surface area contributed by atoms with Crippen LogP contribution in [0.2, 0.25) is 10.0 Å². The Kier molecular flexibility index (Phi) is 4.57. The maximum Gasteiger partial charge on any atom is 0.0458 e. The van der Waals surface area contributed by atoms with Gasteiger partial charge in [0.1, 0.15) is 0 Å². The third kappa shape index (κ3) is 2.91. The van der Waals surface area contributed by atoms with Gasteiger partial charge in [0.25, 0.3) is 0 Å². The summed E-state index contributed by atoms with van der Waals surface area (Å²) in [5.74, 6) is 0.663. The van der Waals surface area contributed by atoms with Crippen LogP contribution in [-0.2, 0) is 11.8 Å². The highest BCUT2D eigenvalue weighted by molar-refractivity contribution is 6.36. The zero-order valence-electron chi connectivity index (χ0n) is 14.8. The summed E-state index contributed by atoms with van der Waals surface area (Å²) in [4.78, 5) is 0. The van der Waals surface area contributed by atoms with E-state index in [2.05, 4.69) is 45.5 Å². The highest BCUT2D eigenvalue weighted by Crippen LogP contribution is 2.59. The van der Waals surface area contributed by atoms with E-state index in [-0.39, 0.29) is 5.41 Å². The van der Waals surface area contributed by atoms with Crippen LogP contribution < -0.4 is 0 Å². The molecular formula is C22H24Cl2. The smallest absolute Gasteiger partial charge is 0.0458 e. The standard InChI is InChI=1S/C22H24Cl2/c1-13(2)22(12-16(22)5)19-11-17(7-6-15(19)4)10-18-20(23)8-14(3)9-21(18)24/h6-9,11,16H,1,10,12H2,2-5H3. The number of rotatable bonds is 4. The van der Waals surface area contributed by atoms with Gasteiger partial charge in [-0.1, -0.05) is 60.5 Å². The molecule has 0 amide bonds. The summed E-state index contributed by atoms with van der Waals surface area (Å²) in [7, 11) is 0. The first kappa shape index (κ1) is 17.6. The first-order chi connectivity index (χ1) is 11.3. The lowest BCUT2D eigenvalue weighted by Gasteiger charge is -2.21. The summed E-state index contributed by atoms with van der Waals surface area (Å²) in [5.41, 5.74) is 7.52. The minimum Gasteiger partial charge on any atom is -0.0992 e. The van der Waals surface area contributed by atoms with E-state index in [1.807, 2.05) is 19.1 Å². The van der Waals surface area contributed by atoms with Crippen molar-refractivity contribution in [2.24, 2.45) is 5.92 Å². The van der Waals surface area contributed by atoms with Crippen molar-refractivity contribution in [1.82, 2.24) is 0 Å². The molecule has 1 aliphatic carbocycles. The number of benzene rings is 2. The van der Waals surface area contributed by atoms with E-state index in [1.54, 1.807) is 0 Å². The molecule has 0 heterocycles. The van der Waals surface area contributed by atoms with Crippen molar-refractivity contribution in [3.8, 4) is 0 Å². The van der Waals surface area contributed by atoms with Gasteiger partial charge < -0.3 is 0 Å². The molecule has 1 saturated carbocycles. The molecule has 0 radical (unpaired) electrons. The van der Waals surface area contributed by atoms with Crippen LogP contribution >= 0.6 is 23.2 Å². The molecule has 0 aromatic heterocycles. The minimum atomic E-state index is 0.154. The molecule has 0 nitrogen and oxygen atoms in total. The molecule has 126 valence electrons. The predicted molar refractivity (Wildman–Crippen MR) is 105 cm³/mol. The summed E-state index contributed by atoms with van der Waals surface area (Å²) in [5, 5.41) is 1.49. The molecular weight excluding hydrogens is 335 g/mol. The summed E-state index contributed by atoms with van der Waals surface area (Å²) in [6.45, 7) is 12.9. The van der Waals surface area contributed by atoms with Gasteiger partial charge in [-0.3, -0.25) is 0 Å². The molecule has 0 bridgehead atoms. The van der Waals surface area contributed by atoms with Crippen LogP contribution in [0.1, 0.15) is 48.1 Å². The first-order valence-corrected chi connectivity index (χ1v) is 9.22. The van der Waals surface area contributed by atoms with Gasteiger partial charge >= 0.3 is 0 Å². The topological polar surface area (TPSA) is 0 Å². The van der Waals surface area contributed by atoms with E-state index in [9.17, 15) is 0 Å². The van der Waals surface area contributed by atoms with Crippen LogP contribution in [0.3, 0.4) is 0 Å². The van der Waals surface area contributed by atoms with Crippen molar-refractivity contribution in [3.05, 3.63) is 80.3 Å². The second kappa shape index (κ2) is 6.24. The lowest BCUT2D eigenvalue weighted by Crippen LogP contribution is -2.13. The second-order valence-corrected chi connectivity index (χ2v) is 8.20. The van der Waals surface area contributed by atoms with Gasteiger partial charge in [-0.2, -0.15) is 0 Å². The number of allylic oxidation sites excluding steroid dienone is 1. The van der Waals surface area contributed by atoms with Gasteiger partial charge in [0.05, 0.1) is 0 Å². The van der Waals surface area contributed by atoms with Gasteiger partial charge in [-0.05, 0) is 73.1 Å². The third-order valence-corrected chi connectivity index (χ3v) is 6.19. The molecule has 2 atom stereocenters. The number of hydrogen-bond donors (Lipinski definition) is 0. The maximum atomic E-state index is 6.43. The van der Waals surface area contributed by atoms with E-state index in [4.69, 9.17) is 23.2 Å². The van der Waals surface area contributed by atoms with Crippen molar-refractivity contribution < 1.29 is 0 Å². The van der Waals surface area contributed by atoms with Crippen LogP contribution in [0.25, 0.3) is 0 Å². The molecule has 1 aliphatic rings. The quantitative estimate of drug-likeness (QED) is 0.513. The predicted octanol–water partition coefficient (Wildman–Crippen LogP) is 7.05. The summed E-state index contributed by atoms with van der Waals surface area (Å²) in [6, 6.07) is 10.7. The Hall–Kier alpha value is -1.24. The van der Waals surface area contributed by atoms with Crippen LogP contribution in [-0.4, -0.2) is 0 Å². The van der Waals surface area contributed by atoms with E-state index < -0.39 is 0 Å². The third-order valence-electron chi connectivity index (χ3n) is 5.52. The fourth-order valence-corrected chi connectivity index (χ4v) is 4.72. The Bertz CT molecular complexity index is 796. The van der Waals surface area contributed by atoms with Crippen LogP contribution in [0, 0.1) is 19.8 Å². The fourth-order valence-electron chi connectivity index (χ4n) is 3.99. The molecule has 0 N–H and O–H groups in total. The Morgan fingerprint density at radius 2 is 1.75 bits per heavy atom. The van der Waals surface area contributed by atoms with E-state index in [0.29, 0.717) is 5.92 Å². The molecule has 0 saturated heterocycles. The van der Waals surface area contributed by atoms with Crippen molar-refractivity contribution in [2.75, 3.05) is 0 Å². The van der Waals surface area contributed by atoms with Crippen LogP contribution in [0.5, 0.6) is 0 Å². The first-order valence-electron chi connectivity index (χ1n) is 8.46. The van der Waals surface area contributed by atoms with Gasteiger partial charge in [0, 0.05) is 21.9 Å². The molecule has 24 heavy (non-hydrogen) atoms. The molecule has 2 unspecified atom stereocenters. The summed E-state index contributed by atoms with van der Waals surface area (Å²) in [6.07, 6.45) is 1.95.